The van der Waals surface area contributed by atoms with Gasteiger partial charge in [-0.05, 0) is 31.9 Å². The van der Waals surface area contributed by atoms with Crippen molar-refractivity contribution in [3.8, 4) is 0 Å². The van der Waals surface area contributed by atoms with E-state index in [1.807, 2.05) is 0 Å². The Bertz CT molecular complexity index is 787. The molecule has 1 atom stereocenters. The minimum absolute atomic E-state index is 0.132. The maximum atomic E-state index is 13.2. The van der Waals surface area contributed by atoms with Gasteiger partial charge < -0.3 is 10.2 Å². The van der Waals surface area contributed by atoms with Crippen molar-refractivity contribution in [2.45, 2.75) is 38.0 Å². The molecule has 3 rings (SSSR count). The topological polar surface area (TPSA) is 81.8 Å². The van der Waals surface area contributed by atoms with E-state index in [0.29, 0.717) is 13.1 Å². The first-order valence-corrected chi connectivity index (χ1v) is 9.47. The van der Waals surface area contributed by atoms with Gasteiger partial charge in [0, 0.05) is 32.2 Å². The monoisotopic (exact) mass is 412 g/mol. The molecule has 158 valence electrons. The molecule has 1 aliphatic heterocycles. The fraction of sp³-hybridized carbons (Fsp3) is 0.526. The van der Waals surface area contributed by atoms with Gasteiger partial charge in [-0.25, -0.2) is 4.79 Å². The van der Waals surface area contributed by atoms with E-state index in [1.165, 1.54) is 23.1 Å². The molecule has 29 heavy (non-hydrogen) atoms. The molecule has 2 fully saturated rings. The fourth-order valence-electron chi connectivity index (χ4n) is 3.23. The number of urea groups is 1. The summed E-state index contributed by atoms with van der Waals surface area (Å²) in [5.41, 5.74) is -1.34. The van der Waals surface area contributed by atoms with Gasteiger partial charge in [-0.2, -0.15) is 13.2 Å². The van der Waals surface area contributed by atoms with E-state index in [2.05, 4.69) is 10.6 Å². The Morgan fingerprint density at radius 3 is 2.28 bits per heavy atom. The molecule has 2 N–H and O–H groups in total. The molecule has 1 aliphatic carbocycles. The van der Waals surface area contributed by atoms with Crippen LogP contribution in [0, 0.1) is 0 Å². The second-order valence-electron chi connectivity index (χ2n) is 7.28. The van der Waals surface area contributed by atoms with Crippen LogP contribution in [0.25, 0.3) is 0 Å². The highest BCUT2D eigenvalue weighted by atomic mass is 19.4. The third-order valence-corrected chi connectivity index (χ3v) is 5.14. The van der Waals surface area contributed by atoms with Gasteiger partial charge in [0.2, 0.25) is 5.91 Å². The van der Waals surface area contributed by atoms with Crippen LogP contribution in [0.5, 0.6) is 0 Å². The second-order valence-corrected chi connectivity index (χ2v) is 7.28. The zero-order valence-corrected chi connectivity index (χ0v) is 16.0. The van der Waals surface area contributed by atoms with Crippen molar-refractivity contribution in [1.29, 1.82) is 0 Å². The number of amides is 4. The zero-order valence-electron chi connectivity index (χ0n) is 16.0. The maximum absolute atomic E-state index is 13.2. The van der Waals surface area contributed by atoms with Crippen LogP contribution in [0.15, 0.2) is 24.3 Å². The second kappa shape index (κ2) is 8.40. The highest BCUT2D eigenvalue weighted by molar-refractivity contribution is 5.97. The molecule has 0 spiro atoms. The van der Waals surface area contributed by atoms with Crippen molar-refractivity contribution in [3.05, 3.63) is 35.4 Å². The van der Waals surface area contributed by atoms with Crippen LogP contribution in [-0.2, 0) is 11.0 Å². The number of carbonyl (C=O) groups is 3. The summed E-state index contributed by atoms with van der Waals surface area (Å²) in [6.07, 6.45) is -2.79. The van der Waals surface area contributed by atoms with Crippen LogP contribution in [-0.4, -0.2) is 65.9 Å². The molecule has 7 nitrogen and oxygen atoms in total. The lowest BCUT2D eigenvalue weighted by Gasteiger charge is -2.37. The predicted molar refractivity (Wildman–Crippen MR) is 98.1 cm³/mol. The number of imide groups is 1. The average molecular weight is 412 g/mol. The van der Waals surface area contributed by atoms with Crippen molar-refractivity contribution in [2.24, 2.45) is 0 Å². The zero-order chi connectivity index (χ0) is 21.2. The molecule has 0 bridgehead atoms. The summed E-state index contributed by atoms with van der Waals surface area (Å²) in [6, 6.07) is 3.72. The Balaban J connectivity index is 1.55. The molecule has 1 saturated heterocycles. The minimum Gasteiger partial charge on any atom is -0.336 e. The van der Waals surface area contributed by atoms with Crippen molar-refractivity contribution in [1.82, 2.24) is 20.4 Å². The van der Waals surface area contributed by atoms with Crippen molar-refractivity contribution in [3.63, 3.8) is 0 Å². The lowest BCUT2D eigenvalue weighted by atomic mass is 10.1. The van der Waals surface area contributed by atoms with Crippen molar-refractivity contribution in [2.75, 3.05) is 26.2 Å². The number of carbonyl (C=O) groups excluding carboxylic acids is 3. The van der Waals surface area contributed by atoms with Gasteiger partial charge in [0.25, 0.3) is 5.91 Å². The van der Waals surface area contributed by atoms with E-state index in [9.17, 15) is 27.6 Å². The average Bonchev–Trinajstić information content (AvgIpc) is 3.50. The Morgan fingerprint density at radius 2 is 1.69 bits per heavy atom. The number of rotatable bonds is 4. The molecule has 1 aromatic carbocycles. The molecule has 0 aromatic heterocycles. The van der Waals surface area contributed by atoms with Gasteiger partial charge in [0.1, 0.15) is 0 Å². The first-order chi connectivity index (χ1) is 13.7. The molecule has 1 aromatic rings. The number of benzene rings is 1. The molecule has 1 saturated carbocycles. The van der Waals surface area contributed by atoms with E-state index in [4.69, 9.17) is 0 Å². The Morgan fingerprint density at radius 1 is 1.07 bits per heavy atom. The highest BCUT2D eigenvalue weighted by Crippen LogP contribution is 2.32. The molecule has 10 heteroatoms. The number of halogens is 3. The molecule has 1 unspecified atom stereocenters. The van der Waals surface area contributed by atoms with Gasteiger partial charge in [-0.15, -0.1) is 0 Å². The maximum Gasteiger partial charge on any atom is 0.417 e. The number of alkyl halides is 3. The summed E-state index contributed by atoms with van der Waals surface area (Å²) in [4.78, 5) is 39.7. The van der Waals surface area contributed by atoms with Crippen molar-refractivity contribution < 1.29 is 27.6 Å². The van der Waals surface area contributed by atoms with Crippen LogP contribution in [0.3, 0.4) is 0 Å². The van der Waals surface area contributed by atoms with E-state index in [-0.39, 0.29) is 24.7 Å². The molecular formula is C19H23F3N4O3. The number of nitrogens with one attached hydrogen (secondary N) is 2. The standard InChI is InChI=1S/C19H23F3N4O3/c1-12(16(27)24-18(29)23-13-6-7-13)25-8-10-26(11-9-25)17(28)14-4-2-3-5-15(14)19(20,21)22/h2-5,12-13H,6-11H2,1H3,(H2,23,24,27,29). The Kier molecular flexibility index (Phi) is 6.11. The smallest absolute Gasteiger partial charge is 0.336 e. The summed E-state index contributed by atoms with van der Waals surface area (Å²) in [5, 5.41) is 4.96. The highest BCUT2D eigenvalue weighted by Gasteiger charge is 2.37. The third-order valence-electron chi connectivity index (χ3n) is 5.14. The summed E-state index contributed by atoms with van der Waals surface area (Å²) < 4.78 is 39.5. The van der Waals surface area contributed by atoms with Crippen LogP contribution < -0.4 is 10.6 Å². The number of hydrogen-bond acceptors (Lipinski definition) is 4. The van der Waals surface area contributed by atoms with Gasteiger partial charge in [-0.1, -0.05) is 12.1 Å². The summed E-state index contributed by atoms with van der Waals surface area (Å²) in [6.45, 7) is 2.67. The lowest BCUT2D eigenvalue weighted by molar-refractivity contribution is -0.138. The molecule has 4 amide bonds. The van der Waals surface area contributed by atoms with E-state index in [1.54, 1.807) is 11.8 Å². The van der Waals surface area contributed by atoms with Gasteiger partial charge >= 0.3 is 12.2 Å². The number of piperazine rings is 1. The minimum atomic E-state index is -4.61. The Hall–Kier alpha value is -2.62. The summed E-state index contributed by atoms with van der Waals surface area (Å²) in [7, 11) is 0. The normalized spacial score (nSPS) is 18.8. The molecular weight excluding hydrogens is 389 g/mol. The van der Waals surface area contributed by atoms with E-state index >= 15 is 0 Å². The van der Waals surface area contributed by atoms with Crippen LogP contribution >= 0.6 is 0 Å². The molecule has 2 aliphatic rings. The quantitative estimate of drug-likeness (QED) is 0.791. The third kappa shape index (κ3) is 5.26. The van der Waals surface area contributed by atoms with Crippen LogP contribution in [0.4, 0.5) is 18.0 Å². The van der Waals surface area contributed by atoms with Crippen LogP contribution in [0.2, 0.25) is 0 Å². The lowest BCUT2D eigenvalue weighted by Crippen LogP contribution is -2.56. The van der Waals surface area contributed by atoms with Gasteiger partial charge in [-0.3, -0.25) is 19.8 Å². The first kappa shape index (κ1) is 21.1. The molecule has 0 radical (unpaired) electrons. The Labute approximate surface area is 166 Å². The van der Waals surface area contributed by atoms with Crippen LogP contribution in [0.1, 0.15) is 35.7 Å². The summed E-state index contributed by atoms with van der Waals surface area (Å²) >= 11 is 0. The fourth-order valence-corrected chi connectivity index (χ4v) is 3.23. The van der Waals surface area contributed by atoms with Gasteiger partial charge in [0.15, 0.2) is 0 Å². The van der Waals surface area contributed by atoms with Gasteiger partial charge in [0.05, 0.1) is 17.2 Å². The molecule has 1 heterocycles. The first-order valence-electron chi connectivity index (χ1n) is 9.47. The predicted octanol–water partition coefficient (Wildman–Crippen LogP) is 1.84. The van der Waals surface area contributed by atoms with Crippen molar-refractivity contribution >= 4 is 17.8 Å². The SMILES string of the molecule is CC(C(=O)NC(=O)NC1CC1)N1CCN(C(=O)c2ccccc2C(F)(F)F)CC1. The van der Waals surface area contributed by atoms with E-state index < -0.39 is 35.6 Å². The summed E-state index contributed by atoms with van der Waals surface area (Å²) in [5.74, 6) is -1.14. The number of nitrogens with zero attached hydrogens (tertiary/aromatic N) is 2. The van der Waals surface area contributed by atoms with E-state index in [0.717, 1.165) is 18.9 Å². The largest absolute Gasteiger partial charge is 0.417 e. The number of hydrogen-bond donors (Lipinski definition) is 2.